The van der Waals surface area contributed by atoms with Gasteiger partial charge in [0.1, 0.15) is 11.6 Å². The second-order valence-corrected chi connectivity index (χ2v) is 5.08. The zero-order chi connectivity index (χ0) is 13.0. The van der Waals surface area contributed by atoms with Crippen LogP contribution in [0.1, 0.15) is 11.1 Å². The average molecular weight is 307 g/mol. The number of nitrogens with one attached hydrogen (secondary N) is 1. The predicted molar refractivity (Wildman–Crippen MR) is 77.0 cm³/mol. The van der Waals surface area contributed by atoms with Crippen LogP contribution in [0, 0.1) is 6.92 Å². The molecule has 1 aromatic heterocycles. The number of aryl methyl sites for hydroxylation is 1. The third kappa shape index (κ3) is 3.47. The van der Waals surface area contributed by atoms with E-state index in [1.807, 2.05) is 25.1 Å². The zero-order valence-electron chi connectivity index (χ0n) is 10.2. The largest absolute Gasteiger partial charge is 0.508 e. The maximum Gasteiger partial charge on any atom is 0.128 e. The molecule has 18 heavy (non-hydrogen) atoms. The van der Waals surface area contributed by atoms with Crippen molar-refractivity contribution in [1.29, 1.82) is 0 Å². The Hall–Kier alpha value is -1.55. The van der Waals surface area contributed by atoms with Crippen molar-refractivity contribution in [2.75, 3.05) is 11.9 Å². The highest BCUT2D eigenvalue weighted by atomic mass is 79.9. The van der Waals surface area contributed by atoms with E-state index in [9.17, 15) is 5.11 Å². The van der Waals surface area contributed by atoms with Gasteiger partial charge in [-0.05, 0) is 58.6 Å². The lowest BCUT2D eigenvalue weighted by atomic mass is 10.1. The summed E-state index contributed by atoms with van der Waals surface area (Å²) in [6.45, 7) is 2.85. The van der Waals surface area contributed by atoms with Gasteiger partial charge in [0.2, 0.25) is 0 Å². The second-order valence-electron chi connectivity index (χ2n) is 4.16. The molecule has 0 saturated carbocycles. The van der Waals surface area contributed by atoms with Crippen LogP contribution in [0.4, 0.5) is 5.82 Å². The summed E-state index contributed by atoms with van der Waals surface area (Å²) in [6.07, 6.45) is 2.69. The minimum atomic E-state index is 0.303. The Labute approximate surface area is 115 Å². The molecule has 0 radical (unpaired) electrons. The first-order chi connectivity index (χ1) is 8.65. The summed E-state index contributed by atoms with van der Waals surface area (Å²) in [5, 5.41) is 12.5. The molecular weight excluding hydrogens is 292 g/mol. The van der Waals surface area contributed by atoms with Gasteiger partial charge >= 0.3 is 0 Å². The van der Waals surface area contributed by atoms with Crippen molar-refractivity contribution in [3.63, 3.8) is 0 Å². The lowest BCUT2D eigenvalue weighted by molar-refractivity contribution is 0.475. The van der Waals surface area contributed by atoms with Gasteiger partial charge in [-0.3, -0.25) is 0 Å². The van der Waals surface area contributed by atoms with Crippen molar-refractivity contribution in [2.45, 2.75) is 13.3 Å². The van der Waals surface area contributed by atoms with E-state index in [-0.39, 0.29) is 0 Å². The van der Waals surface area contributed by atoms with E-state index in [0.717, 1.165) is 28.8 Å². The molecule has 2 rings (SSSR count). The number of hydrogen-bond acceptors (Lipinski definition) is 3. The second kappa shape index (κ2) is 5.87. The van der Waals surface area contributed by atoms with Crippen molar-refractivity contribution < 1.29 is 5.11 Å². The first kappa shape index (κ1) is 12.9. The lowest BCUT2D eigenvalue weighted by Gasteiger charge is -2.08. The zero-order valence-corrected chi connectivity index (χ0v) is 11.7. The molecule has 0 spiro atoms. The highest BCUT2D eigenvalue weighted by molar-refractivity contribution is 9.10. The van der Waals surface area contributed by atoms with E-state index in [4.69, 9.17) is 0 Å². The number of benzene rings is 1. The maximum atomic E-state index is 9.19. The molecule has 0 aliphatic carbocycles. The summed E-state index contributed by atoms with van der Waals surface area (Å²) >= 11 is 3.39. The quantitative estimate of drug-likeness (QED) is 0.908. The van der Waals surface area contributed by atoms with Crippen molar-refractivity contribution in [3.8, 4) is 5.75 Å². The molecule has 0 aliphatic rings. The summed E-state index contributed by atoms with van der Waals surface area (Å²) in [6, 6.07) is 9.31. The molecule has 4 heteroatoms. The predicted octanol–water partition coefficient (Wildman–Crippen LogP) is 3.51. The third-order valence-corrected chi connectivity index (χ3v) is 3.12. The third-order valence-electron chi connectivity index (χ3n) is 2.69. The van der Waals surface area contributed by atoms with Gasteiger partial charge in [0.15, 0.2) is 0 Å². The smallest absolute Gasteiger partial charge is 0.128 e. The van der Waals surface area contributed by atoms with Crippen molar-refractivity contribution in [2.24, 2.45) is 0 Å². The maximum absolute atomic E-state index is 9.19. The van der Waals surface area contributed by atoms with Crippen molar-refractivity contribution >= 4 is 21.7 Å². The van der Waals surface area contributed by atoms with E-state index in [0.29, 0.717) is 5.75 Å². The molecule has 0 amide bonds. The van der Waals surface area contributed by atoms with Gasteiger partial charge < -0.3 is 10.4 Å². The number of hydrogen-bond donors (Lipinski definition) is 2. The number of halogens is 1. The van der Waals surface area contributed by atoms with Crippen LogP contribution in [-0.4, -0.2) is 16.6 Å². The number of anilines is 1. The van der Waals surface area contributed by atoms with Crippen LogP contribution in [0.15, 0.2) is 41.0 Å². The van der Waals surface area contributed by atoms with Crippen LogP contribution < -0.4 is 5.32 Å². The number of phenols is 1. The van der Waals surface area contributed by atoms with Gasteiger partial charge in [0.25, 0.3) is 0 Å². The Morgan fingerprint density at radius 1 is 1.28 bits per heavy atom. The van der Waals surface area contributed by atoms with Crippen LogP contribution in [0.5, 0.6) is 5.75 Å². The number of aromatic nitrogens is 1. The van der Waals surface area contributed by atoms with Gasteiger partial charge in [0.05, 0.1) is 0 Å². The minimum absolute atomic E-state index is 0.303. The molecule has 3 nitrogen and oxygen atoms in total. The molecule has 0 unspecified atom stereocenters. The van der Waals surface area contributed by atoms with Crippen molar-refractivity contribution in [1.82, 2.24) is 4.98 Å². The van der Waals surface area contributed by atoms with Crippen LogP contribution in [-0.2, 0) is 6.42 Å². The molecule has 1 heterocycles. The van der Waals surface area contributed by atoms with E-state index < -0.39 is 0 Å². The Balaban J connectivity index is 1.90. The Kier molecular flexibility index (Phi) is 4.20. The van der Waals surface area contributed by atoms with Crippen LogP contribution in [0.2, 0.25) is 0 Å². The van der Waals surface area contributed by atoms with Gasteiger partial charge in [0, 0.05) is 17.2 Å². The highest BCUT2D eigenvalue weighted by Gasteiger charge is 2.00. The fraction of sp³-hybridized carbons (Fsp3) is 0.214. The summed E-state index contributed by atoms with van der Waals surface area (Å²) < 4.78 is 0.990. The summed E-state index contributed by atoms with van der Waals surface area (Å²) in [4.78, 5) is 4.33. The molecule has 0 bridgehead atoms. The summed E-state index contributed by atoms with van der Waals surface area (Å²) in [5.41, 5.74) is 2.31. The lowest BCUT2D eigenvalue weighted by Crippen LogP contribution is -2.07. The summed E-state index contributed by atoms with van der Waals surface area (Å²) in [7, 11) is 0. The molecule has 0 fully saturated rings. The van der Waals surface area contributed by atoms with E-state index in [2.05, 4.69) is 26.2 Å². The highest BCUT2D eigenvalue weighted by Crippen LogP contribution is 2.17. The van der Waals surface area contributed by atoms with Crippen LogP contribution in [0.3, 0.4) is 0 Å². The number of aromatic hydroxyl groups is 1. The fourth-order valence-electron chi connectivity index (χ4n) is 1.71. The molecule has 0 aliphatic heterocycles. The molecule has 94 valence electrons. The molecule has 2 aromatic rings. The number of pyridine rings is 1. The number of nitrogens with zero attached hydrogens (tertiary/aromatic N) is 1. The van der Waals surface area contributed by atoms with Crippen molar-refractivity contribution in [3.05, 3.63) is 52.1 Å². The molecule has 2 N–H and O–H groups in total. The molecular formula is C14H15BrN2O. The van der Waals surface area contributed by atoms with E-state index in [1.165, 1.54) is 5.56 Å². The van der Waals surface area contributed by atoms with E-state index >= 15 is 0 Å². The fourth-order valence-corrected chi connectivity index (χ4v) is 2.16. The Morgan fingerprint density at radius 2 is 2.00 bits per heavy atom. The first-order valence-electron chi connectivity index (χ1n) is 5.79. The first-order valence-corrected chi connectivity index (χ1v) is 6.58. The van der Waals surface area contributed by atoms with Gasteiger partial charge in [-0.2, -0.15) is 0 Å². The minimum Gasteiger partial charge on any atom is -0.508 e. The van der Waals surface area contributed by atoms with Crippen LogP contribution in [0.25, 0.3) is 0 Å². The topological polar surface area (TPSA) is 45.2 Å². The Morgan fingerprint density at radius 3 is 2.67 bits per heavy atom. The molecule has 1 aromatic carbocycles. The summed E-state index contributed by atoms with van der Waals surface area (Å²) in [5.74, 6) is 1.22. The van der Waals surface area contributed by atoms with E-state index in [1.54, 1.807) is 18.3 Å². The average Bonchev–Trinajstić information content (AvgIpc) is 2.34. The Bertz CT molecular complexity index is 526. The number of phenolic OH excluding ortho intramolecular Hbond substituents is 1. The normalized spacial score (nSPS) is 10.3. The van der Waals surface area contributed by atoms with Crippen LogP contribution >= 0.6 is 15.9 Å². The molecule has 0 atom stereocenters. The number of rotatable bonds is 4. The SMILES string of the molecule is Cc1cc(Br)cnc1NCCc1ccc(O)cc1. The van der Waals surface area contributed by atoms with Gasteiger partial charge in [-0.15, -0.1) is 0 Å². The monoisotopic (exact) mass is 306 g/mol. The molecule has 0 saturated heterocycles. The van der Waals surface area contributed by atoms with Gasteiger partial charge in [-0.1, -0.05) is 12.1 Å². The van der Waals surface area contributed by atoms with Gasteiger partial charge in [-0.25, -0.2) is 4.98 Å². The standard InChI is InChI=1S/C14H15BrN2O/c1-10-8-12(15)9-17-14(10)16-7-6-11-2-4-13(18)5-3-11/h2-5,8-9,18H,6-7H2,1H3,(H,16,17).